The molecule has 1 aliphatic carbocycles. The molecule has 0 bridgehead atoms. The van der Waals surface area contributed by atoms with Gasteiger partial charge >= 0.3 is 0 Å². The van der Waals surface area contributed by atoms with Gasteiger partial charge in [-0.3, -0.25) is 0 Å². The molecule has 0 saturated heterocycles. The molecule has 1 saturated carbocycles. The summed E-state index contributed by atoms with van der Waals surface area (Å²) in [5.74, 6) is 1.00. The van der Waals surface area contributed by atoms with Crippen LogP contribution in [0.5, 0.6) is 0 Å². The molecule has 1 aromatic carbocycles. The van der Waals surface area contributed by atoms with E-state index in [9.17, 15) is 5.11 Å². The van der Waals surface area contributed by atoms with Crippen molar-refractivity contribution in [3.8, 4) is 0 Å². The molecule has 1 fully saturated rings. The van der Waals surface area contributed by atoms with Crippen LogP contribution in [0.25, 0.3) is 0 Å². The summed E-state index contributed by atoms with van der Waals surface area (Å²) >= 11 is 12.1. The lowest BCUT2D eigenvalue weighted by atomic mass is 9.90. The molecule has 18 heavy (non-hydrogen) atoms. The number of benzene rings is 1. The molecule has 1 unspecified atom stereocenters. The van der Waals surface area contributed by atoms with E-state index in [-0.39, 0.29) is 12.5 Å². The minimum Gasteiger partial charge on any atom is -0.396 e. The van der Waals surface area contributed by atoms with Crippen LogP contribution in [-0.4, -0.2) is 11.7 Å². The van der Waals surface area contributed by atoms with Gasteiger partial charge in [0.05, 0.1) is 0 Å². The lowest BCUT2D eigenvalue weighted by Gasteiger charge is -2.18. The first kappa shape index (κ1) is 14.2. The third kappa shape index (κ3) is 3.63. The minimum atomic E-state index is 0.148. The average molecular weight is 287 g/mol. The van der Waals surface area contributed by atoms with Crippen molar-refractivity contribution in [3.63, 3.8) is 0 Å². The third-order valence-electron chi connectivity index (χ3n) is 4.02. The first-order valence-corrected chi connectivity index (χ1v) is 7.52. The Kier molecular flexibility index (Phi) is 5.35. The highest BCUT2D eigenvalue weighted by atomic mass is 35.5. The van der Waals surface area contributed by atoms with E-state index in [0.29, 0.717) is 10.0 Å². The van der Waals surface area contributed by atoms with E-state index in [1.165, 1.54) is 32.1 Å². The van der Waals surface area contributed by atoms with Crippen molar-refractivity contribution in [1.29, 1.82) is 0 Å². The highest BCUT2D eigenvalue weighted by Gasteiger charge is 2.19. The molecule has 1 aromatic rings. The van der Waals surface area contributed by atoms with Gasteiger partial charge in [-0.15, -0.1) is 0 Å². The Morgan fingerprint density at radius 2 is 1.94 bits per heavy atom. The number of rotatable bonds is 5. The van der Waals surface area contributed by atoms with E-state index in [1.54, 1.807) is 6.07 Å². The summed E-state index contributed by atoms with van der Waals surface area (Å²) in [6, 6.07) is 5.55. The van der Waals surface area contributed by atoms with Crippen molar-refractivity contribution in [2.24, 2.45) is 5.92 Å². The van der Waals surface area contributed by atoms with E-state index >= 15 is 0 Å². The number of aliphatic hydroxyl groups is 1. The average Bonchev–Trinajstić information content (AvgIpc) is 2.85. The fourth-order valence-electron chi connectivity index (χ4n) is 2.91. The molecule has 0 amide bonds. The van der Waals surface area contributed by atoms with Crippen LogP contribution in [0.2, 0.25) is 10.0 Å². The zero-order valence-corrected chi connectivity index (χ0v) is 12.1. The van der Waals surface area contributed by atoms with E-state index in [0.717, 1.165) is 17.9 Å². The van der Waals surface area contributed by atoms with Gasteiger partial charge < -0.3 is 5.11 Å². The van der Waals surface area contributed by atoms with Crippen LogP contribution >= 0.6 is 23.2 Å². The second kappa shape index (κ2) is 6.79. The molecule has 1 nitrogen and oxygen atoms in total. The molecule has 100 valence electrons. The zero-order chi connectivity index (χ0) is 13.0. The smallest absolute Gasteiger partial charge is 0.0500 e. The van der Waals surface area contributed by atoms with Gasteiger partial charge in [-0.25, -0.2) is 0 Å². The highest BCUT2D eigenvalue weighted by molar-refractivity contribution is 6.35. The maximum Gasteiger partial charge on any atom is 0.0500 e. The molecule has 1 atom stereocenters. The van der Waals surface area contributed by atoms with Gasteiger partial charge in [0, 0.05) is 22.6 Å². The predicted molar refractivity (Wildman–Crippen MR) is 77.5 cm³/mol. The summed E-state index contributed by atoms with van der Waals surface area (Å²) in [5.41, 5.74) is 1.03. The molecule has 2 rings (SSSR count). The maximum absolute atomic E-state index is 9.56. The molecule has 0 aromatic heterocycles. The topological polar surface area (TPSA) is 20.2 Å². The fraction of sp³-hybridized carbons (Fsp3) is 0.600. The molecule has 0 radical (unpaired) electrons. The number of hydrogen-bond donors (Lipinski definition) is 1. The lowest BCUT2D eigenvalue weighted by Crippen LogP contribution is -2.07. The Hall–Kier alpha value is -0.240. The molecular weight excluding hydrogens is 267 g/mol. The van der Waals surface area contributed by atoms with Crippen LogP contribution in [0.1, 0.15) is 50.0 Å². The zero-order valence-electron chi connectivity index (χ0n) is 10.5. The van der Waals surface area contributed by atoms with Gasteiger partial charge in [-0.1, -0.05) is 55.0 Å². The Morgan fingerprint density at radius 1 is 1.22 bits per heavy atom. The SMILES string of the molecule is OCC(CCC1CCCC1)c1ccc(Cl)cc1Cl. The Labute approximate surface area is 119 Å². The van der Waals surface area contributed by atoms with E-state index in [2.05, 4.69) is 0 Å². The van der Waals surface area contributed by atoms with Gasteiger partial charge in [-0.2, -0.15) is 0 Å². The first-order chi connectivity index (χ1) is 8.70. The van der Waals surface area contributed by atoms with Gasteiger partial charge in [0.1, 0.15) is 0 Å². The van der Waals surface area contributed by atoms with E-state index in [1.807, 2.05) is 12.1 Å². The largest absolute Gasteiger partial charge is 0.396 e. The molecule has 3 heteroatoms. The molecule has 0 heterocycles. The Morgan fingerprint density at radius 3 is 2.56 bits per heavy atom. The Bertz CT molecular complexity index is 386. The summed E-state index contributed by atoms with van der Waals surface area (Å²) in [7, 11) is 0. The first-order valence-electron chi connectivity index (χ1n) is 6.76. The van der Waals surface area contributed by atoms with Crippen molar-refractivity contribution >= 4 is 23.2 Å². The van der Waals surface area contributed by atoms with Crippen LogP contribution in [-0.2, 0) is 0 Å². The van der Waals surface area contributed by atoms with Crippen molar-refractivity contribution < 1.29 is 5.11 Å². The third-order valence-corrected chi connectivity index (χ3v) is 4.58. The maximum atomic E-state index is 9.56. The second-order valence-corrected chi connectivity index (χ2v) is 6.12. The number of aliphatic hydroxyl groups excluding tert-OH is 1. The summed E-state index contributed by atoms with van der Waals surface area (Å²) in [5, 5.41) is 10.9. The predicted octanol–water partition coefficient (Wildman–Crippen LogP) is 5.04. The van der Waals surface area contributed by atoms with Crippen LogP contribution in [0.4, 0.5) is 0 Å². The standard InChI is InChI=1S/C15H20Cl2O/c16-13-7-8-14(15(17)9-13)12(10-18)6-5-11-3-1-2-4-11/h7-9,11-12,18H,1-6,10H2. The number of halogens is 2. The van der Waals surface area contributed by atoms with Gasteiger partial charge in [0.25, 0.3) is 0 Å². The molecular formula is C15H20Cl2O. The fourth-order valence-corrected chi connectivity index (χ4v) is 3.48. The van der Waals surface area contributed by atoms with E-state index < -0.39 is 0 Å². The van der Waals surface area contributed by atoms with Crippen molar-refractivity contribution in [2.75, 3.05) is 6.61 Å². The van der Waals surface area contributed by atoms with Crippen LogP contribution in [0, 0.1) is 5.92 Å². The lowest BCUT2D eigenvalue weighted by molar-refractivity contribution is 0.251. The van der Waals surface area contributed by atoms with E-state index in [4.69, 9.17) is 23.2 Å². The van der Waals surface area contributed by atoms with Gasteiger partial charge in [-0.05, 0) is 36.5 Å². The quantitative estimate of drug-likeness (QED) is 0.804. The number of hydrogen-bond acceptors (Lipinski definition) is 1. The van der Waals surface area contributed by atoms with Crippen LogP contribution < -0.4 is 0 Å². The minimum absolute atomic E-state index is 0.148. The van der Waals surface area contributed by atoms with Gasteiger partial charge in [0.15, 0.2) is 0 Å². The Balaban J connectivity index is 1.98. The van der Waals surface area contributed by atoms with Crippen molar-refractivity contribution in [1.82, 2.24) is 0 Å². The summed E-state index contributed by atoms with van der Waals surface area (Å²) in [6.45, 7) is 0.161. The second-order valence-electron chi connectivity index (χ2n) is 5.27. The highest BCUT2D eigenvalue weighted by Crippen LogP contribution is 2.34. The normalized spacial score (nSPS) is 18.2. The summed E-state index contributed by atoms with van der Waals surface area (Å²) in [6.07, 6.45) is 7.66. The van der Waals surface area contributed by atoms with Crippen molar-refractivity contribution in [3.05, 3.63) is 33.8 Å². The van der Waals surface area contributed by atoms with Crippen LogP contribution in [0.15, 0.2) is 18.2 Å². The van der Waals surface area contributed by atoms with Crippen LogP contribution in [0.3, 0.4) is 0 Å². The molecule has 0 spiro atoms. The molecule has 1 N–H and O–H groups in total. The van der Waals surface area contributed by atoms with Crippen molar-refractivity contribution in [2.45, 2.75) is 44.4 Å². The van der Waals surface area contributed by atoms with Gasteiger partial charge in [0.2, 0.25) is 0 Å². The monoisotopic (exact) mass is 286 g/mol. The molecule has 1 aliphatic rings. The summed E-state index contributed by atoms with van der Waals surface area (Å²) < 4.78 is 0. The molecule has 0 aliphatic heterocycles. The summed E-state index contributed by atoms with van der Waals surface area (Å²) in [4.78, 5) is 0.